The summed E-state index contributed by atoms with van der Waals surface area (Å²) in [5.74, 6) is 1.54. The van der Waals surface area contributed by atoms with Crippen LogP contribution < -0.4 is 14.8 Å². The standard InChI is InChI=1S/C12H17Br2NO4S/c1-18-11-7-10(14)12(8-9(11)13)19-5-3-15-4-6-20(2,16)17/h7-8,15H,3-6H2,1-2H3. The van der Waals surface area contributed by atoms with Gasteiger partial charge >= 0.3 is 0 Å². The molecular weight excluding hydrogens is 414 g/mol. The second-order valence-electron chi connectivity index (χ2n) is 4.15. The Bertz CT molecular complexity index is 549. The lowest BCUT2D eigenvalue weighted by Gasteiger charge is -2.11. The number of halogens is 2. The molecule has 8 heteroatoms. The van der Waals surface area contributed by atoms with E-state index in [1.807, 2.05) is 12.1 Å². The van der Waals surface area contributed by atoms with E-state index < -0.39 is 9.84 Å². The van der Waals surface area contributed by atoms with Crippen LogP contribution in [-0.4, -0.2) is 47.2 Å². The molecule has 0 amide bonds. The second kappa shape index (κ2) is 8.21. The number of methoxy groups -OCH3 is 1. The van der Waals surface area contributed by atoms with Gasteiger partial charge in [-0.25, -0.2) is 8.42 Å². The van der Waals surface area contributed by atoms with Crippen LogP contribution >= 0.6 is 31.9 Å². The SMILES string of the molecule is COc1cc(Br)c(OCCNCCS(C)(=O)=O)cc1Br. The third-order valence-corrected chi connectivity index (χ3v) is 4.58. The van der Waals surface area contributed by atoms with Crippen molar-refractivity contribution in [3.63, 3.8) is 0 Å². The predicted octanol–water partition coefficient (Wildman–Crippen LogP) is 2.23. The summed E-state index contributed by atoms with van der Waals surface area (Å²) < 4.78 is 34.2. The lowest BCUT2D eigenvalue weighted by atomic mass is 10.3. The van der Waals surface area contributed by atoms with Crippen LogP contribution in [0.3, 0.4) is 0 Å². The minimum absolute atomic E-state index is 0.130. The van der Waals surface area contributed by atoms with Crippen molar-refractivity contribution in [3.05, 3.63) is 21.1 Å². The van der Waals surface area contributed by atoms with Crippen LogP contribution in [-0.2, 0) is 9.84 Å². The molecule has 0 fully saturated rings. The van der Waals surface area contributed by atoms with Gasteiger partial charge in [-0.2, -0.15) is 0 Å². The summed E-state index contributed by atoms with van der Waals surface area (Å²) in [4.78, 5) is 0. The highest BCUT2D eigenvalue weighted by atomic mass is 79.9. The highest BCUT2D eigenvalue weighted by Gasteiger charge is 2.08. The number of rotatable bonds is 8. The summed E-state index contributed by atoms with van der Waals surface area (Å²) in [5, 5.41) is 3.01. The zero-order valence-corrected chi connectivity index (χ0v) is 15.3. The maximum Gasteiger partial charge on any atom is 0.148 e. The third kappa shape index (κ3) is 6.43. The van der Waals surface area contributed by atoms with Gasteiger partial charge in [0.15, 0.2) is 0 Å². The average molecular weight is 431 g/mol. The van der Waals surface area contributed by atoms with Crippen molar-refractivity contribution in [2.45, 2.75) is 0 Å². The maximum absolute atomic E-state index is 10.9. The first-order chi connectivity index (χ1) is 9.33. The molecule has 1 aromatic rings. The summed E-state index contributed by atoms with van der Waals surface area (Å²) >= 11 is 6.79. The van der Waals surface area contributed by atoms with Gasteiger partial charge in [-0.1, -0.05) is 0 Å². The monoisotopic (exact) mass is 429 g/mol. The van der Waals surface area contributed by atoms with Crippen molar-refractivity contribution < 1.29 is 17.9 Å². The van der Waals surface area contributed by atoms with Crippen LogP contribution in [0.15, 0.2) is 21.1 Å². The second-order valence-corrected chi connectivity index (χ2v) is 8.11. The number of ether oxygens (including phenoxy) is 2. The highest BCUT2D eigenvalue weighted by Crippen LogP contribution is 2.35. The topological polar surface area (TPSA) is 64.6 Å². The lowest BCUT2D eigenvalue weighted by Crippen LogP contribution is -2.26. The molecule has 20 heavy (non-hydrogen) atoms. The molecule has 114 valence electrons. The summed E-state index contributed by atoms with van der Waals surface area (Å²) in [6.45, 7) is 1.45. The van der Waals surface area contributed by atoms with Crippen molar-refractivity contribution in [2.75, 3.05) is 38.8 Å². The van der Waals surface area contributed by atoms with Crippen LogP contribution in [0.25, 0.3) is 0 Å². The lowest BCUT2D eigenvalue weighted by molar-refractivity contribution is 0.312. The average Bonchev–Trinajstić information content (AvgIpc) is 2.35. The number of sulfone groups is 1. The fourth-order valence-electron chi connectivity index (χ4n) is 1.39. The van der Waals surface area contributed by atoms with Crippen LogP contribution in [0.1, 0.15) is 0 Å². The highest BCUT2D eigenvalue weighted by molar-refractivity contribution is 9.11. The predicted molar refractivity (Wildman–Crippen MR) is 86.5 cm³/mol. The number of benzene rings is 1. The molecule has 0 spiro atoms. The van der Waals surface area contributed by atoms with E-state index in [0.29, 0.717) is 25.4 Å². The maximum atomic E-state index is 10.9. The van der Waals surface area contributed by atoms with Gasteiger partial charge in [0.1, 0.15) is 27.9 Å². The Labute approximate surface area is 136 Å². The van der Waals surface area contributed by atoms with E-state index in [-0.39, 0.29) is 5.75 Å². The first kappa shape index (κ1) is 17.7. The first-order valence-corrected chi connectivity index (χ1v) is 9.52. The van der Waals surface area contributed by atoms with E-state index in [1.54, 1.807) is 7.11 Å². The van der Waals surface area contributed by atoms with Crippen LogP contribution in [0.5, 0.6) is 11.5 Å². The van der Waals surface area contributed by atoms with E-state index in [9.17, 15) is 8.42 Å². The van der Waals surface area contributed by atoms with E-state index in [4.69, 9.17) is 9.47 Å². The van der Waals surface area contributed by atoms with E-state index in [0.717, 1.165) is 14.7 Å². The molecule has 0 unspecified atom stereocenters. The summed E-state index contributed by atoms with van der Waals surface area (Å²) in [5.41, 5.74) is 0. The molecule has 5 nitrogen and oxygen atoms in total. The minimum atomic E-state index is -2.91. The van der Waals surface area contributed by atoms with Crippen LogP contribution in [0.4, 0.5) is 0 Å². The molecule has 0 atom stereocenters. The molecule has 0 saturated heterocycles. The minimum Gasteiger partial charge on any atom is -0.496 e. The zero-order chi connectivity index (χ0) is 15.2. The molecule has 0 aliphatic heterocycles. The Balaban J connectivity index is 2.37. The third-order valence-electron chi connectivity index (χ3n) is 2.39. The van der Waals surface area contributed by atoms with Gasteiger partial charge < -0.3 is 14.8 Å². The van der Waals surface area contributed by atoms with E-state index in [1.165, 1.54) is 6.26 Å². The fraction of sp³-hybridized carbons (Fsp3) is 0.500. The Morgan fingerprint density at radius 2 is 1.75 bits per heavy atom. The molecular formula is C12H17Br2NO4S. The van der Waals surface area contributed by atoms with Gasteiger partial charge in [0.05, 0.1) is 21.8 Å². The molecule has 0 heterocycles. The fourth-order valence-corrected chi connectivity index (χ4v) is 2.83. The molecule has 0 bridgehead atoms. The summed E-state index contributed by atoms with van der Waals surface area (Å²) in [6.07, 6.45) is 1.22. The molecule has 0 radical (unpaired) electrons. The Morgan fingerprint density at radius 1 is 1.15 bits per heavy atom. The van der Waals surface area contributed by atoms with Crippen molar-refractivity contribution in [1.82, 2.24) is 5.32 Å². The molecule has 0 aliphatic carbocycles. The van der Waals surface area contributed by atoms with Gasteiger partial charge in [0.2, 0.25) is 0 Å². The Morgan fingerprint density at radius 3 is 2.35 bits per heavy atom. The summed E-state index contributed by atoms with van der Waals surface area (Å²) in [6, 6.07) is 3.63. The Kier molecular flexibility index (Phi) is 7.28. The summed E-state index contributed by atoms with van der Waals surface area (Å²) in [7, 11) is -1.32. The van der Waals surface area contributed by atoms with Crippen molar-refractivity contribution >= 4 is 41.7 Å². The normalized spacial score (nSPS) is 11.4. The van der Waals surface area contributed by atoms with Crippen LogP contribution in [0, 0.1) is 0 Å². The number of hydrogen-bond donors (Lipinski definition) is 1. The van der Waals surface area contributed by atoms with Crippen molar-refractivity contribution in [3.8, 4) is 11.5 Å². The smallest absolute Gasteiger partial charge is 0.148 e. The Hall–Kier alpha value is -0.310. The molecule has 1 N–H and O–H groups in total. The van der Waals surface area contributed by atoms with Crippen molar-refractivity contribution in [2.24, 2.45) is 0 Å². The number of nitrogens with one attached hydrogen (secondary N) is 1. The van der Waals surface area contributed by atoms with Crippen molar-refractivity contribution in [1.29, 1.82) is 0 Å². The molecule has 1 rings (SSSR count). The molecule has 1 aromatic carbocycles. The zero-order valence-electron chi connectivity index (χ0n) is 11.3. The van der Waals surface area contributed by atoms with Gasteiger partial charge in [-0.05, 0) is 44.0 Å². The molecule has 0 aliphatic rings. The van der Waals surface area contributed by atoms with Crippen LogP contribution in [0.2, 0.25) is 0 Å². The van der Waals surface area contributed by atoms with E-state index >= 15 is 0 Å². The van der Waals surface area contributed by atoms with E-state index in [2.05, 4.69) is 37.2 Å². The largest absolute Gasteiger partial charge is 0.496 e. The molecule has 0 saturated carbocycles. The first-order valence-electron chi connectivity index (χ1n) is 5.88. The van der Waals surface area contributed by atoms with Gasteiger partial charge in [0.25, 0.3) is 0 Å². The number of hydrogen-bond acceptors (Lipinski definition) is 5. The van der Waals surface area contributed by atoms with Gasteiger partial charge in [-0.15, -0.1) is 0 Å². The molecule has 0 aromatic heterocycles. The van der Waals surface area contributed by atoms with Gasteiger partial charge in [-0.3, -0.25) is 0 Å². The quantitative estimate of drug-likeness (QED) is 0.640. The van der Waals surface area contributed by atoms with Gasteiger partial charge in [0, 0.05) is 19.3 Å².